The van der Waals surface area contributed by atoms with Crippen LogP contribution in [0.1, 0.15) is 29.9 Å². The zero-order chi connectivity index (χ0) is 20.5. The molecule has 0 radical (unpaired) electrons. The molecule has 1 atom stereocenters. The van der Waals surface area contributed by atoms with Gasteiger partial charge in [0.2, 0.25) is 0 Å². The lowest BCUT2D eigenvalue weighted by atomic mass is 9.75. The fourth-order valence-electron chi connectivity index (χ4n) is 4.01. The average molecular weight is 425 g/mol. The van der Waals surface area contributed by atoms with Gasteiger partial charge in [0.05, 0.1) is 0 Å². The normalized spacial score (nSPS) is 20.7. The molecule has 1 aliphatic carbocycles. The van der Waals surface area contributed by atoms with Gasteiger partial charge in [0, 0.05) is 28.1 Å². The topological polar surface area (TPSA) is 61.3 Å². The Morgan fingerprint density at radius 2 is 1.62 bits per heavy atom. The standard InChI is InChI=1S/C24H22Cl2N2O/c1-14-10-17(12-15-2-6-18(25)7-3-15)23-20(11-14)22(21(13-27)24(28)29-23)16-4-8-19(26)9-5-16/h2-9,12,22H,1,10-11,13,27-28H2/b17-12+. The Bertz CT molecular complexity index is 1050. The van der Waals surface area contributed by atoms with E-state index in [1.807, 2.05) is 48.5 Å². The number of rotatable bonds is 3. The highest BCUT2D eigenvalue weighted by Gasteiger charge is 2.35. The summed E-state index contributed by atoms with van der Waals surface area (Å²) in [7, 11) is 0. The van der Waals surface area contributed by atoms with Crippen LogP contribution in [0.4, 0.5) is 0 Å². The van der Waals surface area contributed by atoms with Crippen molar-refractivity contribution in [1.82, 2.24) is 0 Å². The first-order valence-corrected chi connectivity index (χ1v) is 10.2. The summed E-state index contributed by atoms with van der Waals surface area (Å²) in [5.74, 6) is 1.15. The van der Waals surface area contributed by atoms with E-state index in [1.54, 1.807) is 0 Å². The van der Waals surface area contributed by atoms with E-state index in [9.17, 15) is 0 Å². The summed E-state index contributed by atoms with van der Waals surface area (Å²) in [6, 6.07) is 15.5. The van der Waals surface area contributed by atoms with Gasteiger partial charge < -0.3 is 16.2 Å². The van der Waals surface area contributed by atoms with Crippen LogP contribution in [0, 0.1) is 0 Å². The highest BCUT2D eigenvalue weighted by atomic mass is 35.5. The molecule has 29 heavy (non-hydrogen) atoms. The van der Waals surface area contributed by atoms with Crippen molar-refractivity contribution in [2.45, 2.75) is 18.8 Å². The van der Waals surface area contributed by atoms with Gasteiger partial charge >= 0.3 is 0 Å². The monoisotopic (exact) mass is 424 g/mol. The molecular formula is C24H22Cl2N2O. The first-order valence-electron chi connectivity index (χ1n) is 9.44. The molecule has 0 aromatic heterocycles. The van der Waals surface area contributed by atoms with Crippen LogP contribution in [0.5, 0.6) is 0 Å². The molecule has 0 fully saturated rings. The first kappa shape index (κ1) is 19.8. The van der Waals surface area contributed by atoms with Crippen LogP contribution >= 0.6 is 23.2 Å². The molecular weight excluding hydrogens is 403 g/mol. The van der Waals surface area contributed by atoms with E-state index in [2.05, 4.69) is 12.7 Å². The van der Waals surface area contributed by atoms with Crippen molar-refractivity contribution in [2.24, 2.45) is 11.5 Å². The molecule has 2 aromatic rings. The molecule has 0 saturated heterocycles. The molecule has 5 heteroatoms. The molecule has 0 amide bonds. The summed E-state index contributed by atoms with van der Waals surface area (Å²) in [6.07, 6.45) is 3.59. The van der Waals surface area contributed by atoms with E-state index in [1.165, 1.54) is 0 Å². The molecule has 2 aromatic carbocycles. The van der Waals surface area contributed by atoms with Crippen LogP contribution in [0.2, 0.25) is 10.0 Å². The van der Waals surface area contributed by atoms with Gasteiger partial charge in [0.25, 0.3) is 0 Å². The highest BCUT2D eigenvalue weighted by Crippen LogP contribution is 2.47. The van der Waals surface area contributed by atoms with E-state index in [0.717, 1.165) is 52.0 Å². The van der Waals surface area contributed by atoms with Crippen LogP contribution in [0.3, 0.4) is 0 Å². The zero-order valence-electron chi connectivity index (χ0n) is 15.9. The van der Waals surface area contributed by atoms with E-state index in [0.29, 0.717) is 22.5 Å². The van der Waals surface area contributed by atoms with Gasteiger partial charge in [-0.2, -0.15) is 0 Å². The Morgan fingerprint density at radius 1 is 1.00 bits per heavy atom. The molecule has 2 aliphatic rings. The fraction of sp³-hybridized carbons (Fsp3) is 0.167. The Kier molecular flexibility index (Phi) is 5.55. The van der Waals surface area contributed by atoms with Crippen molar-refractivity contribution in [3.63, 3.8) is 0 Å². The first-order chi connectivity index (χ1) is 14.0. The van der Waals surface area contributed by atoms with E-state index >= 15 is 0 Å². The molecule has 0 saturated carbocycles. The van der Waals surface area contributed by atoms with E-state index < -0.39 is 0 Å². The molecule has 4 rings (SSSR count). The lowest BCUT2D eigenvalue weighted by Gasteiger charge is -2.36. The molecule has 0 bridgehead atoms. The van der Waals surface area contributed by atoms with Gasteiger partial charge in [-0.1, -0.05) is 59.6 Å². The Morgan fingerprint density at radius 3 is 2.24 bits per heavy atom. The summed E-state index contributed by atoms with van der Waals surface area (Å²) in [5.41, 5.74) is 18.7. The molecule has 3 nitrogen and oxygen atoms in total. The van der Waals surface area contributed by atoms with Gasteiger partial charge in [0.15, 0.2) is 5.88 Å². The summed E-state index contributed by atoms with van der Waals surface area (Å²) in [6.45, 7) is 4.59. The van der Waals surface area contributed by atoms with Crippen molar-refractivity contribution in [3.8, 4) is 0 Å². The minimum Gasteiger partial charge on any atom is -0.441 e. The van der Waals surface area contributed by atoms with Gasteiger partial charge in [-0.15, -0.1) is 0 Å². The van der Waals surface area contributed by atoms with Crippen molar-refractivity contribution >= 4 is 29.3 Å². The number of hydrogen-bond donors (Lipinski definition) is 2. The third-order valence-electron chi connectivity index (χ3n) is 5.32. The van der Waals surface area contributed by atoms with Gasteiger partial charge in [0.1, 0.15) is 5.76 Å². The molecule has 1 heterocycles. The number of nitrogens with two attached hydrogens (primary N) is 2. The van der Waals surface area contributed by atoms with Gasteiger partial charge in [-0.05, 0) is 65.5 Å². The predicted molar refractivity (Wildman–Crippen MR) is 120 cm³/mol. The van der Waals surface area contributed by atoms with Crippen molar-refractivity contribution in [1.29, 1.82) is 0 Å². The second kappa shape index (κ2) is 8.11. The number of ether oxygens (including phenoxy) is 1. The number of allylic oxidation sites excluding steroid dienone is 3. The number of hydrogen-bond acceptors (Lipinski definition) is 3. The summed E-state index contributed by atoms with van der Waals surface area (Å²) in [4.78, 5) is 0. The third kappa shape index (κ3) is 3.99. The van der Waals surface area contributed by atoms with Crippen LogP contribution < -0.4 is 11.5 Å². The molecule has 1 aliphatic heterocycles. The smallest absolute Gasteiger partial charge is 0.192 e. The predicted octanol–water partition coefficient (Wildman–Crippen LogP) is 5.92. The molecule has 1 unspecified atom stereocenters. The molecule has 148 valence electrons. The van der Waals surface area contributed by atoms with E-state index in [-0.39, 0.29) is 5.92 Å². The van der Waals surface area contributed by atoms with Crippen LogP contribution in [-0.2, 0) is 4.74 Å². The van der Waals surface area contributed by atoms with Crippen LogP contribution in [-0.4, -0.2) is 6.54 Å². The fourth-order valence-corrected chi connectivity index (χ4v) is 4.27. The maximum atomic E-state index is 6.31. The second-order valence-corrected chi connectivity index (χ2v) is 8.23. The lowest BCUT2D eigenvalue weighted by molar-refractivity contribution is 0.278. The van der Waals surface area contributed by atoms with Gasteiger partial charge in [-0.25, -0.2) is 0 Å². The largest absolute Gasteiger partial charge is 0.441 e. The van der Waals surface area contributed by atoms with E-state index in [4.69, 9.17) is 39.4 Å². The molecule has 0 spiro atoms. The Hall–Kier alpha value is -2.46. The van der Waals surface area contributed by atoms with Crippen molar-refractivity contribution in [3.05, 3.63) is 110 Å². The van der Waals surface area contributed by atoms with Gasteiger partial charge in [-0.3, -0.25) is 0 Å². The Labute approximate surface area is 180 Å². The summed E-state index contributed by atoms with van der Waals surface area (Å²) < 4.78 is 6.12. The Balaban J connectivity index is 1.85. The maximum absolute atomic E-state index is 6.31. The van der Waals surface area contributed by atoms with Crippen LogP contribution in [0.25, 0.3) is 6.08 Å². The second-order valence-electron chi connectivity index (χ2n) is 7.36. The summed E-state index contributed by atoms with van der Waals surface area (Å²) in [5, 5.41) is 1.40. The number of benzene rings is 2. The highest BCUT2D eigenvalue weighted by molar-refractivity contribution is 6.30. The zero-order valence-corrected chi connectivity index (χ0v) is 17.4. The maximum Gasteiger partial charge on any atom is 0.192 e. The van der Waals surface area contributed by atoms with Crippen LogP contribution in [0.15, 0.2) is 89.0 Å². The third-order valence-corrected chi connectivity index (χ3v) is 5.83. The SMILES string of the molecule is C=C1CC2=C(OC(N)=C(CN)C2c2ccc(Cl)cc2)/C(=C/c2ccc(Cl)cc2)C1. The minimum absolute atomic E-state index is 0.0494. The molecule has 4 N–H and O–H groups in total. The van der Waals surface area contributed by atoms with Crippen molar-refractivity contribution in [2.75, 3.05) is 6.54 Å². The number of halogens is 2. The average Bonchev–Trinajstić information content (AvgIpc) is 2.70. The van der Waals surface area contributed by atoms with Crippen molar-refractivity contribution < 1.29 is 4.74 Å². The quantitative estimate of drug-likeness (QED) is 0.600. The minimum atomic E-state index is -0.0494. The lowest BCUT2D eigenvalue weighted by Crippen LogP contribution is -2.28. The summed E-state index contributed by atoms with van der Waals surface area (Å²) >= 11 is 12.1.